The molecule has 0 unspecified atom stereocenters. The van der Waals surface area contributed by atoms with Crippen LogP contribution >= 0.6 is 0 Å². The summed E-state index contributed by atoms with van der Waals surface area (Å²) in [6.07, 6.45) is 0. The van der Waals surface area contributed by atoms with Gasteiger partial charge in [0.15, 0.2) is 5.96 Å². The summed E-state index contributed by atoms with van der Waals surface area (Å²) in [4.78, 5) is 4.50. The smallest absolute Gasteiger partial charge is 0.191 e. The number of aliphatic imine (C=N–C) groups is 1. The highest BCUT2D eigenvalue weighted by Gasteiger charge is 2.15. The second-order valence-corrected chi connectivity index (χ2v) is 4.93. The fourth-order valence-corrected chi connectivity index (χ4v) is 0.977. The predicted molar refractivity (Wildman–Crippen MR) is 69.9 cm³/mol. The van der Waals surface area contributed by atoms with Gasteiger partial charge in [-0.3, -0.25) is 4.99 Å². The Labute approximate surface area is 99.9 Å². The van der Waals surface area contributed by atoms with E-state index in [0.717, 1.165) is 19.0 Å². The van der Waals surface area contributed by atoms with Crippen molar-refractivity contribution < 1.29 is 4.74 Å². The van der Waals surface area contributed by atoms with Crippen LogP contribution < -0.4 is 10.6 Å². The third-order valence-corrected chi connectivity index (χ3v) is 2.19. The third kappa shape index (κ3) is 7.51. The SMILES string of the molecule is CCNC(=NCC(C)(C)OC)NCC(C)C. The molecule has 0 aliphatic rings. The van der Waals surface area contributed by atoms with Crippen LogP contribution in [0.3, 0.4) is 0 Å². The van der Waals surface area contributed by atoms with Crippen molar-refractivity contribution in [2.75, 3.05) is 26.7 Å². The first-order chi connectivity index (χ1) is 7.41. The van der Waals surface area contributed by atoms with E-state index < -0.39 is 0 Å². The molecule has 0 aliphatic carbocycles. The number of nitrogens with one attached hydrogen (secondary N) is 2. The number of methoxy groups -OCH3 is 1. The molecule has 0 saturated carbocycles. The minimum absolute atomic E-state index is 0.208. The van der Waals surface area contributed by atoms with Gasteiger partial charge in [-0.15, -0.1) is 0 Å². The fourth-order valence-electron chi connectivity index (χ4n) is 0.977. The summed E-state index contributed by atoms with van der Waals surface area (Å²) >= 11 is 0. The molecule has 0 aromatic rings. The molecule has 0 saturated heterocycles. The van der Waals surface area contributed by atoms with Crippen LogP contribution in [0.25, 0.3) is 0 Å². The van der Waals surface area contributed by atoms with Crippen molar-refractivity contribution in [1.82, 2.24) is 10.6 Å². The number of guanidine groups is 1. The molecule has 0 rings (SSSR count). The van der Waals surface area contributed by atoms with Crippen LogP contribution in [-0.4, -0.2) is 38.3 Å². The van der Waals surface area contributed by atoms with Crippen molar-refractivity contribution in [3.63, 3.8) is 0 Å². The van der Waals surface area contributed by atoms with E-state index in [4.69, 9.17) is 4.74 Å². The number of nitrogens with zero attached hydrogens (tertiary/aromatic N) is 1. The molecule has 0 bridgehead atoms. The molecular formula is C12H27N3O. The van der Waals surface area contributed by atoms with Crippen molar-refractivity contribution in [3.8, 4) is 0 Å². The summed E-state index contributed by atoms with van der Waals surface area (Å²) in [5, 5.41) is 6.52. The second kappa shape index (κ2) is 7.49. The summed E-state index contributed by atoms with van der Waals surface area (Å²) in [6.45, 7) is 12.9. The molecule has 4 heteroatoms. The van der Waals surface area contributed by atoms with Gasteiger partial charge in [-0.25, -0.2) is 0 Å². The van der Waals surface area contributed by atoms with Gasteiger partial charge in [0.1, 0.15) is 0 Å². The highest BCUT2D eigenvalue weighted by molar-refractivity contribution is 5.79. The summed E-state index contributed by atoms with van der Waals surface area (Å²) in [5.41, 5.74) is -0.208. The fraction of sp³-hybridized carbons (Fsp3) is 0.917. The molecule has 0 spiro atoms. The molecule has 16 heavy (non-hydrogen) atoms. The van der Waals surface area contributed by atoms with Gasteiger partial charge in [0.2, 0.25) is 0 Å². The van der Waals surface area contributed by atoms with Crippen molar-refractivity contribution in [3.05, 3.63) is 0 Å². The van der Waals surface area contributed by atoms with E-state index in [1.807, 2.05) is 13.8 Å². The van der Waals surface area contributed by atoms with E-state index in [-0.39, 0.29) is 5.60 Å². The first-order valence-corrected chi connectivity index (χ1v) is 5.98. The van der Waals surface area contributed by atoms with Crippen LogP contribution in [-0.2, 0) is 4.74 Å². The van der Waals surface area contributed by atoms with Gasteiger partial charge >= 0.3 is 0 Å². The van der Waals surface area contributed by atoms with Gasteiger partial charge in [0.05, 0.1) is 12.1 Å². The molecule has 0 amide bonds. The predicted octanol–water partition coefficient (Wildman–Crippen LogP) is 1.62. The quantitative estimate of drug-likeness (QED) is 0.537. The molecule has 2 N–H and O–H groups in total. The van der Waals surface area contributed by atoms with Gasteiger partial charge in [0.25, 0.3) is 0 Å². The monoisotopic (exact) mass is 229 g/mol. The Balaban J connectivity index is 4.23. The van der Waals surface area contributed by atoms with E-state index in [0.29, 0.717) is 12.5 Å². The minimum Gasteiger partial charge on any atom is -0.377 e. The van der Waals surface area contributed by atoms with Crippen molar-refractivity contribution >= 4 is 5.96 Å². The zero-order valence-electron chi connectivity index (χ0n) is 11.6. The van der Waals surface area contributed by atoms with Gasteiger partial charge in [-0.1, -0.05) is 13.8 Å². The van der Waals surface area contributed by atoms with E-state index >= 15 is 0 Å². The lowest BCUT2D eigenvalue weighted by Gasteiger charge is -2.21. The Morgan fingerprint density at radius 1 is 1.31 bits per heavy atom. The van der Waals surface area contributed by atoms with Crippen molar-refractivity contribution in [2.24, 2.45) is 10.9 Å². The summed E-state index contributed by atoms with van der Waals surface area (Å²) < 4.78 is 5.33. The van der Waals surface area contributed by atoms with E-state index in [1.54, 1.807) is 7.11 Å². The first-order valence-electron chi connectivity index (χ1n) is 5.98. The number of ether oxygens (including phenoxy) is 1. The van der Waals surface area contributed by atoms with Crippen LogP contribution in [0, 0.1) is 5.92 Å². The molecule has 4 nitrogen and oxygen atoms in total. The molecule has 0 heterocycles. The molecule has 0 radical (unpaired) electrons. The molecule has 96 valence electrons. The Kier molecular flexibility index (Phi) is 7.13. The normalized spacial score (nSPS) is 13.1. The van der Waals surface area contributed by atoms with Crippen molar-refractivity contribution in [1.29, 1.82) is 0 Å². The maximum absolute atomic E-state index is 5.33. The maximum atomic E-state index is 5.33. The second-order valence-electron chi connectivity index (χ2n) is 4.93. The third-order valence-electron chi connectivity index (χ3n) is 2.19. The van der Waals surface area contributed by atoms with Crippen LogP contribution in [0.4, 0.5) is 0 Å². The van der Waals surface area contributed by atoms with Gasteiger partial charge in [-0.05, 0) is 26.7 Å². The lowest BCUT2D eigenvalue weighted by atomic mass is 10.1. The minimum atomic E-state index is -0.208. The average Bonchev–Trinajstić information content (AvgIpc) is 2.22. The van der Waals surface area contributed by atoms with Crippen LogP contribution in [0.1, 0.15) is 34.6 Å². The van der Waals surface area contributed by atoms with Crippen LogP contribution in [0.2, 0.25) is 0 Å². The molecular weight excluding hydrogens is 202 g/mol. The lowest BCUT2D eigenvalue weighted by molar-refractivity contribution is 0.0310. The highest BCUT2D eigenvalue weighted by atomic mass is 16.5. The Hall–Kier alpha value is -0.770. The number of rotatable bonds is 6. The average molecular weight is 229 g/mol. The highest BCUT2D eigenvalue weighted by Crippen LogP contribution is 2.06. The Morgan fingerprint density at radius 3 is 2.38 bits per heavy atom. The van der Waals surface area contributed by atoms with Crippen LogP contribution in [0.5, 0.6) is 0 Å². The maximum Gasteiger partial charge on any atom is 0.191 e. The first kappa shape index (κ1) is 15.2. The zero-order chi connectivity index (χ0) is 12.6. The van der Waals surface area contributed by atoms with Crippen molar-refractivity contribution in [2.45, 2.75) is 40.2 Å². The topological polar surface area (TPSA) is 45.7 Å². The molecule has 0 atom stereocenters. The van der Waals surface area contributed by atoms with Crippen LogP contribution in [0.15, 0.2) is 4.99 Å². The van der Waals surface area contributed by atoms with E-state index in [2.05, 4.69) is 36.4 Å². The van der Waals surface area contributed by atoms with E-state index in [1.165, 1.54) is 0 Å². The van der Waals surface area contributed by atoms with Gasteiger partial charge in [0, 0.05) is 20.2 Å². The summed E-state index contributed by atoms with van der Waals surface area (Å²) in [6, 6.07) is 0. The number of hydrogen-bond donors (Lipinski definition) is 2. The zero-order valence-corrected chi connectivity index (χ0v) is 11.6. The lowest BCUT2D eigenvalue weighted by Crippen LogP contribution is -2.40. The Bertz CT molecular complexity index is 212. The standard InChI is InChI=1S/C12H27N3O/c1-7-13-11(14-8-10(2)3)15-9-12(4,5)16-6/h10H,7-9H2,1-6H3,(H2,13,14,15). The van der Waals surface area contributed by atoms with Gasteiger partial charge in [-0.2, -0.15) is 0 Å². The Morgan fingerprint density at radius 2 is 1.94 bits per heavy atom. The molecule has 0 aromatic heterocycles. The summed E-state index contributed by atoms with van der Waals surface area (Å²) in [7, 11) is 1.71. The largest absolute Gasteiger partial charge is 0.377 e. The molecule has 0 aliphatic heterocycles. The van der Waals surface area contributed by atoms with Gasteiger partial charge < -0.3 is 15.4 Å². The van der Waals surface area contributed by atoms with E-state index in [9.17, 15) is 0 Å². The molecule has 0 aromatic carbocycles. The number of hydrogen-bond acceptors (Lipinski definition) is 2. The summed E-state index contributed by atoms with van der Waals surface area (Å²) in [5.74, 6) is 1.47. The molecule has 0 fully saturated rings.